The van der Waals surface area contributed by atoms with Crippen LogP contribution < -0.4 is 0 Å². The first-order chi connectivity index (χ1) is 8.04. The van der Waals surface area contributed by atoms with E-state index >= 15 is 0 Å². The van der Waals surface area contributed by atoms with E-state index in [1.807, 2.05) is 24.3 Å². The van der Waals surface area contributed by atoms with Crippen LogP contribution >= 0.6 is 0 Å². The predicted molar refractivity (Wildman–Crippen MR) is 69.1 cm³/mol. The Hall–Kier alpha value is -1.35. The fourth-order valence-corrected chi connectivity index (χ4v) is 1.59. The van der Waals surface area contributed by atoms with E-state index in [9.17, 15) is 9.90 Å². The van der Waals surface area contributed by atoms with Crippen LogP contribution in [-0.4, -0.2) is 35.6 Å². The second-order valence-corrected chi connectivity index (χ2v) is 4.41. The van der Waals surface area contributed by atoms with Crippen molar-refractivity contribution >= 4 is 5.91 Å². The van der Waals surface area contributed by atoms with Crippen LogP contribution in [0.1, 0.15) is 36.2 Å². The van der Waals surface area contributed by atoms with Crippen LogP contribution in [0.3, 0.4) is 0 Å². The lowest BCUT2D eigenvalue weighted by molar-refractivity contribution is 0.0769. The van der Waals surface area contributed by atoms with E-state index < -0.39 is 0 Å². The molecule has 0 aliphatic rings. The topological polar surface area (TPSA) is 40.5 Å². The van der Waals surface area contributed by atoms with Gasteiger partial charge in [-0.25, -0.2) is 0 Å². The van der Waals surface area contributed by atoms with E-state index in [4.69, 9.17) is 0 Å². The average Bonchev–Trinajstić information content (AvgIpc) is 2.35. The predicted octanol–water partition coefficient (Wildman–Crippen LogP) is 2.09. The molecule has 0 aliphatic heterocycles. The van der Waals surface area contributed by atoms with Gasteiger partial charge in [0, 0.05) is 19.2 Å². The summed E-state index contributed by atoms with van der Waals surface area (Å²) in [6, 6.07) is 7.69. The number of hydrogen-bond donors (Lipinski definition) is 1. The molecule has 0 heterocycles. The molecular weight excluding hydrogens is 214 g/mol. The molecule has 3 nitrogen and oxygen atoms in total. The van der Waals surface area contributed by atoms with Crippen molar-refractivity contribution in [2.45, 2.75) is 32.8 Å². The molecule has 0 radical (unpaired) electrons. The zero-order chi connectivity index (χ0) is 12.8. The quantitative estimate of drug-likeness (QED) is 0.849. The molecule has 0 bridgehead atoms. The summed E-state index contributed by atoms with van der Waals surface area (Å²) in [5.41, 5.74) is 1.93. The second kappa shape index (κ2) is 6.40. The molecule has 0 aromatic heterocycles. The highest BCUT2D eigenvalue weighted by Crippen LogP contribution is 2.08. The minimum absolute atomic E-state index is 0.00769. The Morgan fingerprint density at radius 2 is 1.94 bits per heavy atom. The largest absolute Gasteiger partial charge is 0.393 e. The lowest BCUT2D eigenvalue weighted by atomic mass is 10.1. The van der Waals surface area contributed by atoms with E-state index in [2.05, 4.69) is 6.92 Å². The van der Waals surface area contributed by atoms with Gasteiger partial charge >= 0.3 is 0 Å². The van der Waals surface area contributed by atoms with Gasteiger partial charge in [-0.2, -0.15) is 0 Å². The number of aliphatic hydroxyl groups excluding tert-OH is 1. The van der Waals surface area contributed by atoms with E-state index in [0.29, 0.717) is 18.5 Å². The number of carbonyl (C=O) groups is 1. The SMILES string of the molecule is CCc1ccc(C(=O)N(C)CCC(C)O)cc1. The third kappa shape index (κ3) is 4.19. The van der Waals surface area contributed by atoms with Crippen molar-refractivity contribution in [3.05, 3.63) is 35.4 Å². The number of benzene rings is 1. The van der Waals surface area contributed by atoms with Gasteiger partial charge in [0.2, 0.25) is 0 Å². The second-order valence-electron chi connectivity index (χ2n) is 4.41. The van der Waals surface area contributed by atoms with Crippen molar-refractivity contribution in [3.63, 3.8) is 0 Å². The molecular formula is C14H21NO2. The Bertz CT molecular complexity index is 357. The average molecular weight is 235 g/mol. The number of aryl methyl sites for hydroxylation is 1. The Balaban J connectivity index is 2.61. The smallest absolute Gasteiger partial charge is 0.253 e. The minimum Gasteiger partial charge on any atom is -0.393 e. The normalized spacial score (nSPS) is 12.2. The molecule has 17 heavy (non-hydrogen) atoms. The molecule has 1 atom stereocenters. The van der Waals surface area contributed by atoms with Crippen LogP contribution in [0.2, 0.25) is 0 Å². The fourth-order valence-electron chi connectivity index (χ4n) is 1.59. The van der Waals surface area contributed by atoms with Gasteiger partial charge in [-0.05, 0) is 37.5 Å². The number of amides is 1. The Kier molecular flexibility index (Phi) is 5.16. The molecule has 0 spiro atoms. The summed E-state index contributed by atoms with van der Waals surface area (Å²) >= 11 is 0. The standard InChI is InChI=1S/C14H21NO2/c1-4-12-5-7-13(8-6-12)14(17)15(3)10-9-11(2)16/h5-8,11,16H,4,9-10H2,1-3H3. The zero-order valence-corrected chi connectivity index (χ0v) is 10.8. The molecule has 3 heteroatoms. The summed E-state index contributed by atoms with van der Waals surface area (Å²) < 4.78 is 0. The summed E-state index contributed by atoms with van der Waals surface area (Å²) in [6.45, 7) is 4.39. The molecule has 0 aliphatic carbocycles. The summed E-state index contributed by atoms with van der Waals surface area (Å²) in [7, 11) is 1.76. The number of aliphatic hydroxyl groups is 1. The number of carbonyl (C=O) groups excluding carboxylic acids is 1. The van der Waals surface area contributed by atoms with E-state index in [1.54, 1.807) is 18.9 Å². The summed E-state index contributed by atoms with van der Waals surface area (Å²) in [5.74, 6) is 0.00769. The number of rotatable bonds is 5. The summed E-state index contributed by atoms with van der Waals surface area (Å²) in [6.07, 6.45) is 1.22. The van der Waals surface area contributed by atoms with Crippen LogP contribution in [0.4, 0.5) is 0 Å². The van der Waals surface area contributed by atoms with Gasteiger partial charge in [-0.15, -0.1) is 0 Å². The van der Waals surface area contributed by atoms with Crippen LogP contribution in [-0.2, 0) is 6.42 Å². The van der Waals surface area contributed by atoms with Crippen LogP contribution in [0, 0.1) is 0 Å². The van der Waals surface area contributed by atoms with Crippen molar-refractivity contribution in [2.24, 2.45) is 0 Å². The Labute approximate surface area is 103 Å². The van der Waals surface area contributed by atoms with E-state index in [1.165, 1.54) is 5.56 Å². The van der Waals surface area contributed by atoms with Gasteiger partial charge in [0.15, 0.2) is 0 Å². The molecule has 0 fully saturated rings. The van der Waals surface area contributed by atoms with Crippen molar-refractivity contribution in [1.82, 2.24) is 4.90 Å². The van der Waals surface area contributed by atoms with Gasteiger partial charge in [-0.3, -0.25) is 4.79 Å². The lowest BCUT2D eigenvalue weighted by Gasteiger charge is -2.18. The summed E-state index contributed by atoms with van der Waals surface area (Å²) in [5, 5.41) is 9.18. The fraction of sp³-hybridized carbons (Fsp3) is 0.500. The maximum atomic E-state index is 12.0. The van der Waals surface area contributed by atoms with Gasteiger partial charge in [0.1, 0.15) is 0 Å². The highest BCUT2D eigenvalue weighted by molar-refractivity contribution is 5.94. The van der Waals surface area contributed by atoms with E-state index in [0.717, 1.165) is 6.42 Å². The van der Waals surface area contributed by atoms with Crippen LogP contribution in [0.5, 0.6) is 0 Å². The Morgan fingerprint density at radius 1 is 1.35 bits per heavy atom. The Morgan fingerprint density at radius 3 is 2.41 bits per heavy atom. The molecule has 0 saturated carbocycles. The maximum Gasteiger partial charge on any atom is 0.253 e. The van der Waals surface area contributed by atoms with E-state index in [-0.39, 0.29) is 12.0 Å². The third-order valence-corrected chi connectivity index (χ3v) is 2.84. The highest BCUT2D eigenvalue weighted by atomic mass is 16.3. The number of nitrogens with zero attached hydrogens (tertiary/aromatic N) is 1. The van der Waals surface area contributed by atoms with Crippen molar-refractivity contribution in [1.29, 1.82) is 0 Å². The van der Waals surface area contributed by atoms with Crippen LogP contribution in [0.15, 0.2) is 24.3 Å². The van der Waals surface area contributed by atoms with Gasteiger partial charge in [0.25, 0.3) is 5.91 Å². The first-order valence-electron chi connectivity index (χ1n) is 6.07. The third-order valence-electron chi connectivity index (χ3n) is 2.84. The van der Waals surface area contributed by atoms with Crippen molar-refractivity contribution in [3.8, 4) is 0 Å². The van der Waals surface area contributed by atoms with Gasteiger partial charge in [0.05, 0.1) is 6.10 Å². The molecule has 94 valence electrons. The molecule has 1 rings (SSSR count). The lowest BCUT2D eigenvalue weighted by Crippen LogP contribution is -2.29. The van der Waals surface area contributed by atoms with Gasteiger partial charge in [-0.1, -0.05) is 19.1 Å². The summed E-state index contributed by atoms with van der Waals surface area (Å²) in [4.78, 5) is 13.6. The molecule has 1 unspecified atom stereocenters. The highest BCUT2D eigenvalue weighted by Gasteiger charge is 2.11. The minimum atomic E-state index is -0.368. The molecule has 1 amide bonds. The molecule has 1 N–H and O–H groups in total. The maximum absolute atomic E-state index is 12.0. The molecule has 1 aromatic rings. The first-order valence-corrected chi connectivity index (χ1v) is 6.07. The van der Waals surface area contributed by atoms with Crippen LogP contribution in [0.25, 0.3) is 0 Å². The van der Waals surface area contributed by atoms with Crippen molar-refractivity contribution in [2.75, 3.05) is 13.6 Å². The number of hydrogen-bond acceptors (Lipinski definition) is 2. The van der Waals surface area contributed by atoms with Crippen molar-refractivity contribution < 1.29 is 9.90 Å². The van der Waals surface area contributed by atoms with Gasteiger partial charge < -0.3 is 10.0 Å². The monoisotopic (exact) mass is 235 g/mol. The molecule has 1 aromatic carbocycles. The molecule has 0 saturated heterocycles. The first kappa shape index (κ1) is 13.7. The zero-order valence-electron chi connectivity index (χ0n) is 10.8.